The van der Waals surface area contributed by atoms with Gasteiger partial charge in [-0.25, -0.2) is 4.79 Å². The largest absolute Gasteiger partial charge is 0.460 e. The average Bonchev–Trinajstić information content (AvgIpc) is 2.76. The number of ether oxygens (including phenoxy) is 1. The lowest BCUT2D eigenvalue weighted by molar-refractivity contribution is -0.177. The maximum absolute atomic E-state index is 13.7. The van der Waals surface area contributed by atoms with Gasteiger partial charge in [-0.05, 0) is 66.6 Å². The second-order valence-corrected chi connectivity index (χ2v) is 10.0. The third-order valence-corrected chi connectivity index (χ3v) is 7.49. The highest BCUT2D eigenvalue weighted by atomic mass is 16.6. The minimum atomic E-state index is -1.66. The zero-order chi connectivity index (χ0) is 22.6. The van der Waals surface area contributed by atoms with Gasteiger partial charge in [0.2, 0.25) is 0 Å². The predicted octanol–water partition coefficient (Wildman–Crippen LogP) is 6.35. The molecule has 3 heteroatoms. The molecule has 5 atom stereocenters. The minimum absolute atomic E-state index is 0.133. The van der Waals surface area contributed by atoms with Crippen LogP contribution >= 0.6 is 0 Å². The molecule has 0 heterocycles. The number of carbonyl (C=O) groups is 1. The van der Waals surface area contributed by atoms with Gasteiger partial charge in [0, 0.05) is 5.92 Å². The summed E-state index contributed by atoms with van der Waals surface area (Å²) in [6.45, 7) is 12.7. The molecule has 3 nitrogen and oxygen atoms in total. The van der Waals surface area contributed by atoms with E-state index in [1.165, 1.54) is 12.0 Å². The van der Waals surface area contributed by atoms with Gasteiger partial charge in [-0.1, -0.05) is 77.0 Å². The van der Waals surface area contributed by atoms with Crippen LogP contribution in [0.1, 0.15) is 77.3 Å². The second kappa shape index (κ2) is 10.2. The first kappa shape index (κ1) is 23.8. The Morgan fingerprint density at radius 2 is 2.03 bits per heavy atom. The van der Waals surface area contributed by atoms with Gasteiger partial charge < -0.3 is 9.84 Å². The summed E-state index contributed by atoms with van der Waals surface area (Å²) in [6, 6.07) is 8.22. The normalized spacial score (nSPS) is 26.4. The zero-order valence-electron chi connectivity index (χ0n) is 19.8. The molecular weight excluding hydrogens is 384 g/mol. The van der Waals surface area contributed by atoms with E-state index in [1.54, 1.807) is 6.08 Å². The quantitative estimate of drug-likeness (QED) is 0.390. The first-order valence-corrected chi connectivity index (χ1v) is 12.2. The second-order valence-electron chi connectivity index (χ2n) is 10.0. The number of hydrogen-bond acceptors (Lipinski definition) is 3. The molecule has 1 aromatic rings. The molecule has 0 radical (unpaired) electrons. The number of fused-ring (bicyclic) bond motifs is 1. The molecule has 170 valence electrons. The maximum atomic E-state index is 13.7. The highest BCUT2D eigenvalue weighted by molar-refractivity contribution is 5.87. The van der Waals surface area contributed by atoms with Crippen molar-refractivity contribution in [1.82, 2.24) is 0 Å². The molecule has 1 aromatic carbocycles. The van der Waals surface area contributed by atoms with Crippen molar-refractivity contribution in [2.45, 2.75) is 84.3 Å². The summed E-state index contributed by atoms with van der Waals surface area (Å²) in [5.41, 5.74) is 1.45. The monoisotopic (exact) mass is 424 g/mol. The van der Waals surface area contributed by atoms with Crippen molar-refractivity contribution in [3.63, 3.8) is 0 Å². The molecular formula is C28H40O3. The average molecular weight is 425 g/mol. The van der Waals surface area contributed by atoms with Crippen LogP contribution in [0.5, 0.6) is 0 Å². The fraction of sp³-hybridized carbons (Fsp3) is 0.607. The highest BCUT2D eigenvalue weighted by Crippen LogP contribution is 2.41. The van der Waals surface area contributed by atoms with E-state index >= 15 is 0 Å². The number of hydrogen-bond donors (Lipinski definition) is 1. The van der Waals surface area contributed by atoms with E-state index in [0.29, 0.717) is 30.6 Å². The Labute approximate surface area is 188 Å². The number of benzene rings is 1. The minimum Gasteiger partial charge on any atom is -0.460 e. The molecule has 1 fully saturated rings. The molecule has 3 rings (SSSR count). The lowest BCUT2D eigenvalue weighted by Crippen LogP contribution is -2.51. The Morgan fingerprint density at radius 1 is 1.29 bits per heavy atom. The smallest absolute Gasteiger partial charge is 0.343 e. The molecule has 0 aromatic heterocycles. The Hall–Kier alpha value is -1.87. The molecule has 1 saturated carbocycles. The van der Waals surface area contributed by atoms with Crippen LogP contribution in [0.25, 0.3) is 6.08 Å². The molecule has 2 aliphatic rings. The van der Waals surface area contributed by atoms with Gasteiger partial charge in [-0.3, -0.25) is 0 Å². The van der Waals surface area contributed by atoms with Crippen LogP contribution in [0.3, 0.4) is 0 Å². The van der Waals surface area contributed by atoms with Crippen molar-refractivity contribution >= 4 is 12.0 Å². The first-order chi connectivity index (χ1) is 14.8. The molecule has 31 heavy (non-hydrogen) atoms. The van der Waals surface area contributed by atoms with Crippen molar-refractivity contribution in [3.05, 3.63) is 53.6 Å². The van der Waals surface area contributed by atoms with Gasteiger partial charge in [-0.2, -0.15) is 0 Å². The van der Waals surface area contributed by atoms with E-state index in [1.807, 2.05) is 18.2 Å². The summed E-state index contributed by atoms with van der Waals surface area (Å²) >= 11 is 0. The molecule has 0 bridgehead atoms. The van der Waals surface area contributed by atoms with Crippen molar-refractivity contribution in [3.8, 4) is 0 Å². The van der Waals surface area contributed by atoms with Crippen molar-refractivity contribution in [2.75, 3.05) is 0 Å². The number of esters is 1. The predicted molar refractivity (Wildman–Crippen MR) is 128 cm³/mol. The van der Waals surface area contributed by atoms with Crippen LogP contribution < -0.4 is 0 Å². The van der Waals surface area contributed by atoms with E-state index in [2.05, 4.69) is 46.4 Å². The molecule has 0 amide bonds. The Balaban J connectivity index is 1.96. The van der Waals surface area contributed by atoms with Crippen LogP contribution in [0.2, 0.25) is 0 Å². The van der Waals surface area contributed by atoms with Gasteiger partial charge in [0.25, 0.3) is 0 Å². The summed E-state index contributed by atoms with van der Waals surface area (Å²) in [5.74, 6) is 0.484. The third-order valence-electron chi connectivity index (χ3n) is 7.49. The molecule has 2 aliphatic carbocycles. The van der Waals surface area contributed by atoms with Gasteiger partial charge in [0.1, 0.15) is 6.10 Å². The zero-order valence-corrected chi connectivity index (χ0v) is 19.8. The van der Waals surface area contributed by atoms with E-state index in [-0.39, 0.29) is 12.0 Å². The topological polar surface area (TPSA) is 46.5 Å². The lowest BCUT2D eigenvalue weighted by atomic mass is 9.73. The van der Waals surface area contributed by atoms with E-state index in [9.17, 15) is 9.90 Å². The number of aliphatic hydroxyl groups is 1. The molecule has 1 N–H and O–H groups in total. The van der Waals surface area contributed by atoms with Crippen molar-refractivity contribution in [2.24, 2.45) is 23.7 Å². The van der Waals surface area contributed by atoms with E-state index in [4.69, 9.17) is 4.74 Å². The van der Waals surface area contributed by atoms with Gasteiger partial charge >= 0.3 is 5.97 Å². The summed E-state index contributed by atoms with van der Waals surface area (Å²) < 4.78 is 6.19. The van der Waals surface area contributed by atoms with Gasteiger partial charge in [0.15, 0.2) is 5.60 Å². The van der Waals surface area contributed by atoms with E-state index in [0.717, 1.165) is 36.8 Å². The van der Waals surface area contributed by atoms with Crippen LogP contribution in [0.4, 0.5) is 0 Å². The molecule has 0 aliphatic heterocycles. The third kappa shape index (κ3) is 4.98. The summed E-state index contributed by atoms with van der Waals surface area (Å²) in [6.07, 6.45) is 9.79. The Bertz CT molecular complexity index is 808. The summed E-state index contributed by atoms with van der Waals surface area (Å²) in [7, 11) is 0. The fourth-order valence-corrected chi connectivity index (χ4v) is 5.54. The van der Waals surface area contributed by atoms with Crippen LogP contribution in [0, 0.1) is 23.7 Å². The molecule has 0 saturated heterocycles. The first-order valence-electron chi connectivity index (χ1n) is 12.2. The van der Waals surface area contributed by atoms with Crippen molar-refractivity contribution < 1.29 is 14.6 Å². The van der Waals surface area contributed by atoms with Crippen molar-refractivity contribution in [1.29, 1.82) is 0 Å². The van der Waals surface area contributed by atoms with Gasteiger partial charge in [0.05, 0.1) is 0 Å². The van der Waals surface area contributed by atoms with Crippen LogP contribution in [-0.2, 0) is 16.0 Å². The fourth-order valence-electron chi connectivity index (χ4n) is 5.54. The van der Waals surface area contributed by atoms with Gasteiger partial charge in [-0.15, -0.1) is 6.58 Å². The molecule has 0 unspecified atom stereocenters. The molecule has 0 spiro atoms. The number of carbonyl (C=O) groups excluding carboxylic acids is 1. The number of rotatable bonds is 8. The Morgan fingerprint density at radius 3 is 2.71 bits per heavy atom. The van der Waals surface area contributed by atoms with Crippen LogP contribution in [0.15, 0.2) is 42.5 Å². The SMILES string of the molecule is C=C[C@H](CCC)[C@@](O)(C(=O)O[C@@H]1C[C@H](C)CC[C@H]1C(C)C)C1=Cc2ccccc2CC1. The lowest BCUT2D eigenvalue weighted by Gasteiger charge is -2.41. The van der Waals surface area contributed by atoms with E-state index < -0.39 is 11.6 Å². The highest BCUT2D eigenvalue weighted by Gasteiger charge is 2.49. The summed E-state index contributed by atoms with van der Waals surface area (Å²) in [5, 5.41) is 12.0. The maximum Gasteiger partial charge on any atom is 0.343 e. The standard InChI is InChI=1S/C28H40O3/c1-6-10-23(7-2)28(30,24-15-14-21-11-8-9-12-22(21)18-24)27(29)31-26-17-20(5)13-16-25(26)19(3)4/h7-9,11-12,18-20,23,25-26,30H,2,6,10,13-17H2,1,3-5H3/t20-,23-,25+,26-,28+/m1/s1. The Kier molecular flexibility index (Phi) is 7.80. The number of aryl methyl sites for hydroxylation is 1. The summed E-state index contributed by atoms with van der Waals surface area (Å²) in [4.78, 5) is 13.7. The van der Waals surface area contributed by atoms with Crippen LogP contribution in [-0.4, -0.2) is 22.8 Å².